The molecule has 4 heteroatoms. The number of carbonyl (C=O) groups is 1. The molecule has 0 N–H and O–H groups in total. The Kier molecular flexibility index (Phi) is 3.21. The molecule has 20 heavy (non-hydrogen) atoms. The normalized spacial score (nSPS) is 10.7. The zero-order valence-electron chi connectivity index (χ0n) is 11.1. The van der Waals surface area contributed by atoms with E-state index in [1.807, 2.05) is 48.3 Å². The highest BCUT2D eigenvalue weighted by molar-refractivity contribution is 5.91. The first kappa shape index (κ1) is 12.4. The summed E-state index contributed by atoms with van der Waals surface area (Å²) < 4.78 is 5.06. The Balaban J connectivity index is 2.02. The third kappa shape index (κ3) is 2.28. The summed E-state index contributed by atoms with van der Waals surface area (Å²) in [5.41, 5.74) is 2.51. The van der Waals surface area contributed by atoms with Gasteiger partial charge >= 0.3 is 0 Å². The van der Waals surface area contributed by atoms with Gasteiger partial charge in [0, 0.05) is 24.5 Å². The molecule has 100 valence electrons. The van der Waals surface area contributed by atoms with Crippen LogP contribution in [0.25, 0.3) is 10.9 Å². The van der Waals surface area contributed by atoms with Gasteiger partial charge in [0.2, 0.25) is 0 Å². The number of furan rings is 1. The monoisotopic (exact) mass is 266 g/mol. The Morgan fingerprint density at radius 1 is 1.30 bits per heavy atom. The van der Waals surface area contributed by atoms with E-state index in [1.165, 1.54) is 0 Å². The van der Waals surface area contributed by atoms with Gasteiger partial charge in [-0.15, -0.1) is 0 Å². The molecule has 0 aliphatic carbocycles. The molecule has 3 rings (SSSR count). The minimum absolute atomic E-state index is 0.592. The van der Waals surface area contributed by atoms with Crippen LogP contribution in [-0.2, 0) is 6.54 Å². The predicted octanol–water partition coefficient (Wildman–Crippen LogP) is 3.28. The summed E-state index contributed by atoms with van der Waals surface area (Å²) in [6.07, 6.45) is 4.18. The molecule has 0 aliphatic heterocycles. The first-order chi connectivity index (χ1) is 9.78. The number of hydrogen-bond acceptors (Lipinski definition) is 4. The first-order valence-corrected chi connectivity index (χ1v) is 6.35. The summed E-state index contributed by atoms with van der Waals surface area (Å²) in [5.74, 6) is 0.680. The van der Waals surface area contributed by atoms with Crippen molar-refractivity contribution in [3.8, 4) is 0 Å². The maximum absolute atomic E-state index is 11.3. The topological polar surface area (TPSA) is 46.3 Å². The molecule has 0 unspecified atom stereocenters. The molecule has 0 saturated heterocycles. The number of hydrogen-bond donors (Lipinski definition) is 0. The van der Waals surface area contributed by atoms with E-state index in [0.29, 0.717) is 17.9 Å². The van der Waals surface area contributed by atoms with Gasteiger partial charge in [-0.3, -0.25) is 4.79 Å². The molecule has 0 saturated carbocycles. The molecule has 0 amide bonds. The number of nitrogens with zero attached hydrogens (tertiary/aromatic N) is 2. The van der Waals surface area contributed by atoms with E-state index in [4.69, 9.17) is 4.42 Å². The van der Waals surface area contributed by atoms with Crippen molar-refractivity contribution >= 4 is 23.0 Å². The summed E-state index contributed by atoms with van der Waals surface area (Å²) in [6, 6.07) is 11.5. The van der Waals surface area contributed by atoms with Crippen LogP contribution in [0.5, 0.6) is 0 Å². The van der Waals surface area contributed by atoms with Crippen molar-refractivity contribution in [3.63, 3.8) is 0 Å². The van der Waals surface area contributed by atoms with Gasteiger partial charge in [-0.2, -0.15) is 0 Å². The van der Waals surface area contributed by atoms with E-state index in [0.717, 1.165) is 22.8 Å². The molecular formula is C16H14N2O2. The molecule has 0 atom stereocenters. The minimum atomic E-state index is 0.592. The SMILES string of the molecule is CN(Cc1ccoc1)c1nc2ccccc2cc1C=O. The molecule has 2 heterocycles. The zero-order valence-corrected chi connectivity index (χ0v) is 11.1. The van der Waals surface area contributed by atoms with Crippen molar-refractivity contribution < 1.29 is 9.21 Å². The largest absolute Gasteiger partial charge is 0.472 e. The van der Waals surface area contributed by atoms with Crippen molar-refractivity contribution in [1.29, 1.82) is 0 Å². The van der Waals surface area contributed by atoms with Gasteiger partial charge in [0.1, 0.15) is 5.82 Å². The quantitative estimate of drug-likeness (QED) is 0.680. The summed E-state index contributed by atoms with van der Waals surface area (Å²) in [4.78, 5) is 17.8. The number of aldehydes is 1. The van der Waals surface area contributed by atoms with Crippen LogP contribution in [0.15, 0.2) is 53.3 Å². The minimum Gasteiger partial charge on any atom is -0.472 e. The van der Waals surface area contributed by atoms with Crippen LogP contribution >= 0.6 is 0 Å². The van der Waals surface area contributed by atoms with Crippen LogP contribution < -0.4 is 4.90 Å². The maximum Gasteiger partial charge on any atom is 0.153 e. The standard InChI is InChI=1S/C16H14N2O2/c1-18(9-12-6-7-20-11-12)16-14(10-19)8-13-4-2-3-5-15(13)17-16/h2-8,10-11H,9H2,1H3. The highest BCUT2D eigenvalue weighted by atomic mass is 16.3. The average molecular weight is 266 g/mol. The van der Waals surface area contributed by atoms with Crippen LogP contribution in [0.2, 0.25) is 0 Å². The molecule has 4 nitrogen and oxygen atoms in total. The molecule has 0 radical (unpaired) electrons. The van der Waals surface area contributed by atoms with E-state index in [1.54, 1.807) is 12.5 Å². The number of pyridine rings is 1. The highest BCUT2D eigenvalue weighted by Gasteiger charge is 2.11. The summed E-state index contributed by atoms with van der Waals surface area (Å²) in [7, 11) is 1.91. The fraction of sp³-hybridized carbons (Fsp3) is 0.125. The van der Waals surface area contributed by atoms with Gasteiger partial charge in [-0.05, 0) is 18.2 Å². The molecule has 1 aromatic carbocycles. The van der Waals surface area contributed by atoms with E-state index < -0.39 is 0 Å². The molecular weight excluding hydrogens is 252 g/mol. The summed E-state index contributed by atoms with van der Waals surface area (Å²) >= 11 is 0. The van der Waals surface area contributed by atoms with Crippen molar-refractivity contribution in [2.24, 2.45) is 0 Å². The first-order valence-electron chi connectivity index (χ1n) is 6.35. The smallest absolute Gasteiger partial charge is 0.153 e. The second-order valence-corrected chi connectivity index (χ2v) is 4.70. The summed E-state index contributed by atoms with van der Waals surface area (Å²) in [6.45, 7) is 0.642. The Bertz CT molecular complexity index is 735. The predicted molar refractivity (Wildman–Crippen MR) is 77.9 cm³/mol. The van der Waals surface area contributed by atoms with Gasteiger partial charge in [0.05, 0.1) is 23.6 Å². The van der Waals surface area contributed by atoms with Crippen LogP contribution in [0.3, 0.4) is 0 Å². The molecule has 0 aliphatic rings. The van der Waals surface area contributed by atoms with Gasteiger partial charge in [0.25, 0.3) is 0 Å². The van der Waals surface area contributed by atoms with Crippen LogP contribution in [0.1, 0.15) is 15.9 Å². The lowest BCUT2D eigenvalue weighted by Gasteiger charge is -2.19. The van der Waals surface area contributed by atoms with Gasteiger partial charge < -0.3 is 9.32 Å². The number of rotatable bonds is 4. The van der Waals surface area contributed by atoms with Gasteiger partial charge in [-0.1, -0.05) is 18.2 Å². The fourth-order valence-corrected chi connectivity index (χ4v) is 2.25. The van der Waals surface area contributed by atoms with Gasteiger partial charge in [-0.25, -0.2) is 4.98 Å². The number of para-hydroxylation sites is 1. The van der Waals surface area contributed by atoms with E-state index in [9.17, 15) is 4.79 Å². The van der Waals surface area contributed by atoms with Crippen LogP contribution in [-0.4, -0.2) is 18.3 Å². The van der Waals surface area contributed by atoms with Crippen molar-refractivity contribution in [3.05, 3.63) is 60.1 Å². The Morgan fingerprint density at radius 2 is 2.15 bits per heavy atom. The Hall–Kier alpha value is -2.62. The number of carbonyl (C=O) groups excluding carboxylic acids is 1. The Morgan fingerprint density at radius 3 is 2.90 bits per heavy atom. The zero-order chi connectivity index (χ0) is 13.9. The number of aromatic nitrogens is 1. The lowest BCUT2D eigenvalue weighted by Crippen LogP contribution is -2.19. The molecule has 2 aromatic heterocycles. The second kappa shape index (κ2) is 5.17. The lowest BCUT2D eigenvalue weighted by atomic mass is 10.1. The second-order valence-electron chi connectivity index (χ2n) is 4.70. The number of fused-ring (bicyclic) bond motifs is 1. The van der Waals surface area contributed by atoms with Crippen molar-refractivity contribution in [1.82, 2.24) is 4.98 Å². The molecule has 0 bridgehead atoms. The third-order valence-corrected chi connectivity index (χ3v) is 3.22. The van der Waals surface area contributed by atoms with Crippen molar-refractivity contribution in [2.45, 2.75) is 6.54 Å². The van der Waals surface area contributed by atoms with Crippen molar-refractivity contribution in [2.75, 3.05) is 11.9 Å². The third-order valence-electron chi connectivity index (χ3n) is 3.22. The fourth-order valence-electron chi connectivity index (χ4n) is 2.25. The highest BCUT2D eigenvalue weighted by Crippen LogP contribution is 2.22. The lowest BCUT2D eigenvalue weighted by molar-refractivity contribution is 0.112. The van der Waals surface area contributed by atoms with Crippen LogP contribution in [0, 0.1) is 0 Å². The maximum atomic E-state index is 11.3. The summed E-state index contributed by atoms with van der Waals surface area (Å²) in [5, 5.41) is 0.968. The van der Waals surface area contributed by atoms with E-state index >= 15 is 0 Å². The van der Waals surface area contributed by atoms with E-state index in [2.05, 4.69) is 4.98 Å². The van der Waals surface area contributed by atoms with E-state index in [-0.39, 0.29) is 0 Å². The van der Waals surface area contributed by atoms with Gasteiger partial charge in [0.15, 0.2) is 6.29 Å². The molecule has 3 aromatic rings. The number of anilines is 1. The average Bonchev–Trinajstić information content (AvgIpc) is 2.98. The van der Waals surface area contributed by atoms with Crippen LogP contribution in [0.4, 0.5) is 5.82 Å². The number of benzene rings is 1. The Labute approximate surface area is 116 Å². The molecule has 0 spiro atoms. The molecule has 0 fully saturated rings.